The van der Waals surface area contributed by atoms with Crippen LogP contribution in [0.2, 0.25) is 10.0 Å². The van der Waals surface area contributed by atoms with Crippen LogP contribution in [0.1, 0.15) is 36.6 Å². The fourth-order valence-corrected chi connectivity index (χ4v) is 2.48. The molecule has 0 bridgehead atoms. The molecule has 2 aromatic rings. The molecule has 2 rings (SSSR count). The lowest BCUT2D eigenvalue weighted by atomic mass is 9.99. The molecule has 0 unspecified atom stereocenters. The SMILES string of the molecule is COc1ncc(Cc2ccc(Cl)cc2Cl)c(C(C)C)n1. The Morgan fingerprint density at radius 1 is 1.20 bits per heavy atom. The van der Waals surface area contributed by atoms with Gasteiger partial charge in [-0.2, -0.15) is 4.98 Å². The lowest BCUT2D eigenvalue weighted by Gasteiger charge is -2.13. The average molecular weight is 311 g/mol. The highest BCUT2D eigenvalue weighted by molar-refractivity contribution is 6.35. The molecule has 0 atom stereocenters. The van der Waals surface area contributed by atoms with Crippen molar-refractivity contribution in [2.75, 3.05) is 7.11 Å². The van der Waals surface area contributed by atoms with E-state index in [1.165, 1.54) is 0 Å². The van der Waals surface area contributed by atoms with Gasteiger partial charge in [-0.25, -0.2) is 4.98 Å². The van der Waals surface area contributed by atoms with Crippen molar-refractivity contribution in [2.45, 2.75) is 26.2 Å². The zero-order valence-electron chi connectivity index (χ0n) is 11.7. The van der Waals surface area contributed by atoms with E-state index in [0.29, 0.717) is 22.5 Å². The largest absolute Gasteiger partial charge is 0.467 e. The van der Waals surface area contributed by atoms with Crippen LogP contribution in [0.25, 0.3) is 0 Å². The van der Waals surface area contributed by atoms with Crippen molar-refractivity contribution in [3.63, 3.8) is 0 Å². The summed E-state index contributed by atoms with van der Waals surface area (Å²) in [7, 11) is 1.56. The second-order valence-electron chi connectivity index (χ2n) is 4.83. The summed E-state index contributed by atoms with van der Waals surface area (Å²) >= 11 is 12.1. The predicted molar refractivity (Wildman–Crippen MR) is 81.9 cm³/mol. The number of hydrogen-bond donors (Lipinski definition) is 0. The van der Waals surface area contributed by atoms with Gasteiger partial charge in [-0.1, -0.05) is 43.1 Å². The zero-order valence-corrected chi connectivity index (χ0v) is 13.2. The molecule has 0 aliphatic carbocycles. The molecule has 20 heavy (non-hydrogen) atoms. The van der Waals surface area contributed by atoms with Gasteiger partial charge in [-0.05, 0) is 29.2 Å². The first-order chi connectivity index (χ1) is 9.51. The van der Waals surface area contributed by atoms with Gasteiger partial charge in [-0.15, -0.1) is 0 Å². The van der Waals surface area contributed by atoms with Crippen molar-refractivity contribution in [3.05, 3.63) is 51.3 Å². The van der Waals surface area contributed by atoms with E-state index >= 15 is 0 Å². The van der Waals surface area contributed by atoms with Crippen LogP contribution in [0, 0.1) is 0 Å². The van der Waals surface area contributed by atoms with E-state index in [4.69, 9.17) is 27.9 Å². The van der Waals surface area contributed by atoms with Gasteiger partial charge in [0.15, 0.2) is 0 Å². The third kappa shape index (κ3) is 3.41. The molecular weight excluding hydrogens is 295 g/mol. The molecule has 0 fully saturated rings. The summed E-state index contributed by atoms with van der Waals surface area (Å²) in [6.45, 7) is 4.18. The third-order valence-electron chi connectivity index (χ3n) is 3.00. The number of rotatable bonds is 4. The number of aromatic nitrogens is 2. The summed E-state index contributed by atoms with van der Waals surface area (Å²) < 4.78 is 5.08. The number of methoxy groups -OCH3 is 1. The number of nitrogens with zero attached hydrogens (tertiary/aromatic N) is 2. The van der Waals surface area contributed by atoms with Gasteiger partial charge in [0.1, 0.15) is 0 Å². The highest BCUT2D eigenvalue weighted by Crippen LogP contribution is 2.26. The van der Waals surface area contributed by atoms with Crippen LogP contribution in [0.5, 0.6) is 6.01 Å². The normalized spacial score (nSPS) is 10.9. The Morgan fingerprint density at radius 2 is 1.95 bits per heavy atom. The van der Waals surface area contributed by atoms with E-state index in [0.717, 1.165) is 16.8 Å². The van der Waals surface area contributed by atoms with E-state index in [1.54, 1.807) is 19.4 Å². The van der Waals surface area contributed by atoms with Crippen molar-refractivity contribution in [1.29, 1.82) is 0 Å². The van der Waals surface area contributed by atoms with Crippen LogP contribution in [0.4, 0.5) is 0 Å². The molecule has 0 aliphatic rings. The molecule has 0 N–H and O–H groups in total. The number of hydrogen-bond acceptors (Lipinski definition) is 3. The molecule has 0 aliphatic heterocycles. The van der Waals surface area contributed by atoms with Crippen molar-refractivity contribution in [1.82, 2.24) is 9.97 Å². The Balaban J connectivity index is 2.37. The fourth-order valence-electron chi connectivity index (χ4n) is 2.01. The summed E-state index contributed by atoms with van der Waals surface area (Å²) in [4.78, 5) is 8.61. The molecule has 5 heteroatoms. The molecule has 106 valence electrons. The first-order valence-electron chi connectivity index (χ1n) is 6.35. The van der Waals surface area contributed by atoms with Gasteiger partial charge >= 0.3 is 6.01 Å². The summed E-state index contributed by atoms with van der Waals surface area (Å²) in [5.41, 5.74) is 3.03. The van der Waals surface area contributed by atoms with Gasteiger partial charge in [0.2, 0.25) is 0 Å². The second-order valence-corrected chi connectivity index (χ2v) is 5.68. The monoisotopic (exact) mass is 310 g/mol. The lowest BCUT2D eigenvalue weighted by Crippen LogP contribution is -2.05. The molecule has 0 amide bonds. The van der Waals surface area contributed by atoms with Gasteiger partial charge < -0.3 is 4.74 Å². The maximum atomic E-state index is 6.22. The van der Waals surface area contributed by atoms with Gasteiger partial charge in [0.25, 0.3) is 0 Å². The summed E-state index contributed by atoms with van der Waals surface area (Å²) in [6.07, 6.45) is 2.47. The minimum Gasteiger partial charge on any atom is -0.467 e. The molecule has 1 aromatic carbocycles. The van der Waals surface area contributed by atoms with E-state index < -0.39 is 0 Å². The van der Waals surface area contributed by atoms with Crippen molar-refractivity contribution < 1.29 is 4.74 Å². The van der Waals surface area contributed by atoms with E-state index in [9.17, 15) is 0 Å². The standard InChI is InChI=1S/C15H16Cl2N2O/c1-9(2)14-11(8-18-15(19-14)20-3)6-10-4-5-12(16)7-13(10)17/h4-5,7-9H,6H2,1-3H3. The summed E-state index contributed by atoms with van der Waals surface area (Å²) in [5, 5.41) is 1.29. The maximum Gasteiger partial charge on any atom is 0.316 e. The van der Waals surface area contributed by atoms with Crippen LogP contribution >= 0.6 is 23.2 Å². The summed E-state index contributed by atoms with van der Waals surface area (Å²) in [6, 6.07) is 5.90. The van der Waals surface area contributed by atoms with Crippen LogP contribution in [-0.4, -0.2) is 17.1 Å². The number of ether oxygens (including phenoxy) is 1. The number of benzene rings is 1. The van der Waals surface area contributed by atoms with E-state index in [1.807, 2.05) is 12.1 Å². The van der Waals surface area contributed by atoms with Gasteiger partial charge in [0, 0.05) is 22.7 Å². The maximum absolute atomic E-state index is 6.22. The smallest absolute Gasteiger partial charge is 0.316 e. The first-order valence-corrected chi connectivity index (χ1v) is 7.10. The fraction of sp³-hybridized carbons (Fsp3) is 0.333. The Bertz CT molecular complexity index is 615. The van der Waals surface area contributed by atoms with E-state index in [-0.39, 0.29) is 5.92 Å². The molecule has 1 heterocycles. The third-order valence-corrected chi connectivity index (χ3v) is 3.59. The highest BCUT2D eigenvalue weighted by atomic mass is 35.5. The highest BCUT2D eigenvalue weighted by Gasteiger charge is 2.13. The minimum absolute atomic E-state index is 0.285. The van der Waals surface area contributed by atoms with Crippen LogP contribution in [-0.2, 0) is 6.42 Å². The minimum atomic E-state index is 0.285. The molecule has 1 aromatic heterocycles. The van der Waals surface area contributed by atoms with E-state index in [2.05, 4.69) is 23.8 Å². The van der Waals surface area contributed by atoms with Gasteiger partial charge in [-0.3, -0.25) is 0 Å². The number of halogens is 2. The Hall–Kier alpha value is -1.32. The van der Waals surface area contributed by atoms with Crippen LogP contribution in [0.3, 0.4) is 0 Å². The Kier molecular flexibility index (Phi) is 4.84. The molecule has 0 saturated carbocycles. The predicted octanol–water partition coefficient (Wildman–Crippen LogP) is 4.51. The van der Waals surface area contributed by atoms with Crippen LogP contribution < -0.4 is 4.74 Å². The average Bonchev–Trinajstić information content (AvgIpc) is 2.42. The molecule has 0 spiro atoms. The quantitative estimate of drug-likeness (QED) is 0.833. The summed E-state index contributed by atoms with van der Waals surface area (Å²) in [5.74, 6) is 0.285. The van der Waals surface area contributed by atoms with Crippen molar-refractivity contribution in [2.24, 2.45) is 0 Å². The molecular formula is C15H16Cl2N2O. The molecule has 3 nitrogen and oxygen atoms in total. The van der Waals surface area contributed by atoms with Gasteiger partial charge in [0.05, 0.1) is 12.8 Å². The lowest BCUT2D eigenvalue weighted by molar-refractivity contribution is 0.376. The Labute approximate surface area is 128 Å². The first kappa shape index (κ1) is 15.1. The van der Waals surface area contributed by atoms with Crippen molar-refractivity contribution in [3.8, 4) is 6.01 Å². The molecule has 0 radical (unpaired) electrons. The second kappa shape index (κ2) is 6.42. The topological polar surface area (TPSA) is 35.0 Å². The van der Waals surface area contributed by atoms with Crippen LogP contribution in [0.15, 0.2) is 24.4 Å². The molecule has 0 saturated heterocycles. The zero-order chi connectivity index (χ0) is 14.7. The Morgan fingerprint density at radius 3 is 2.55 bits per heavy atom. The van der Waals surface area contributed by atoms with Crippen molar-refractivity contribution >= 4 is 23.2 Å².